The second-order valence-corrected chi connectivity index (χ2v) is 9.38. The maximum Gasteiger partial charge on any atom is 0.322 e. The molecule has 1 aromatic carbocycles. The van der Waals surface area contributed by atoms with Gasteiger partial charge in [-0.15, -0.1) is 0 Å². The van der Waals surface area contributed by atoms with Gasteiger partial charge in [0.1, 0.15) is 6.04 Å². The molecule has 1 heterocycles. The van der Waals surface area contributed by atoms with Crippen LogP contribution in [0.15, 0.2) is 24.3 Å². The fourth-order valence-electron chi connectivity index (χ4n) is 6.53. The van der Waals surface area contributed by atoms with Gasteiger partial charge in [0, 0.05) is 12.1 Å². The van der Waals surface area contributed by atoms with Crippen molar-refractivity contribution in [3.05, 3.63) is 29.8 Å². The van der Waals surface area contributed by atoms with Crippen LogP contribution in [-0.2, 0) is 15.0 Å². The first-order valence-corrected chi connectivity index (χ1v) is 10.5. The molecule has 4 bridgehead atoms. The Morgan fingerprint density at radius 2 is 1.61 bits per heavy atom. The summed E-state index contributed by atoms with van der Waals surface area (Å²) in [5, 5.41) is 7.60. The predicted molar refractivity (Wildman–Crippen MR) is 105 cm³/mol. The number of anilines is 1. The zero-order valence-electron chi connectivity index (χ0n) is 16.0. The SMILES string of the molecule is O=C(CC[C@@H]1NC(=O)NC1=O)Nc1ccc(C23CC4CC(CC(C4)C2)C3)cc1. The molecule has 1 atom stereocenters. The van der Waals surface area contributed by atoms with Crippen LogP contribution in [0.5, 0.6) is 0 Å². The molecule has 3 N–H and O–H groups in total. The van der Waals surface area contributed by atoms with Gasteiger partial charge in [-0.05, 0) is 85.8 Å². The Balaban J connectivity index is 1.19. The molecule has 0 unspecified atom stereocenters. The van der Waals surface area contributed by atoms with Crippen LogP contribution in [0.25, 0.3) is 0 Å². The first-order valence-electron chi connectivity index (χ1n) is 10.5. The van der Waals surface area contributed by atoms with Crippen LogP contribution in [0.4, 0.5) is 10.5 Å². The lowest BCUT2D eigenvalue weighted by atomic mass is 9.48. The van der Waals surface area contributed by atoms with Gasteiger partial charge < -0.3 is 10.6 Å². The van der Waals surface area contributed by atoms with Gasteiger partial charge in [0.15, 0.2) is 0 Å². The van der Waals surface area contributed by atoms with Crippen molar-refractivity contribution in [1.82, 2.24) is 10.6 Å². The minimum Gasteiger partial charge on any atom is -0.326 e. The van der Waals surface area contributed by atoms with E-state index in [0.29, 0.717) is 11.8 Å². The van der Waals surface area contributed by atoms with Crippen LogP contribution < -0.4 is 16.0 Å². The number of rotatable bonds is 5. The lowest BCUT2D eigenvalue weighted by Gasteiger charge is -2.57. The Morgan fingerprint density at radius 3 is 2.14 bits per heavy atom. The Morgan fingerprint density at radius 1 is 1.00 bits per heavy atom. The van der Waals surface area contributed by atoms with Crippen LogP contribution in [-0.4, -0.2) is 23.9 Å². The summed E-state index contributed by atoms with van der Waals surface area (Å²) >= 11 is 0. The zero-order valence-corrected chi connectivity index (χ0v) is 16.0. The summed E-state index contributed by atoms with van der Waals surface area (Å²) in [6.07, 6.45) is 8.80. The Hall–Kier alpha value is -2.37. The fraction of sp³-hybridized carbons (Fsp3) is 0.591. The number of benzene rings is 1. The van der Waals surface area contributed by atoms with Crippen molar-refractivity contribution in [1.29, 1.82) is 0 Å². The minimum atomic E-state index is -0.614. The smallest absolute Gasteiger partial charge is 0.322 e. The average molecular weight is 381 g/mol. The summed E-state index contributed by atoms with van der Waals surface area (Å²) in [4.78, 5) is 34.9. The lowest BCUT2D eigenvalue weighted by molar-refractivity contribution is -0.120. The number of carbonyl (C=O) groups is 3. The summed E-state index contributed by atoms with van der Waals surface area (Å²) in [7, 11) is 0. The molecule has 1 aromatic rings. The predicted octanol–water partition coefficient (Wildman–Crippen LogP) is 3.08. The maximum absolute atomic E-state index is 12.2. The quantitative estimate of drug-likeness (QED) is 0.685. The molecule has 1 saturated heterocycles. The number of imide groups is 1. The zero-order chi connectivity index (χ0) is 19.3. The third-order valence-corrected chi connectivity index (χ3v) is 7.34. The Labute approximate surface area is 164 Å². The van der Waals surface area contributed by atoms with Crippen LogP contribution >= 0.6 is 0 Å². The number of hydrogen-bond acceptors (Lipinski definition) is 3. The molecule has 0 spiro atoms. The monoisotopic (exact) mass is 381 g/mol. The molecule has 148 valence electrons. The van der Waals surface area contributed by atoms with Gasteiger partial charge in [-0.2, -0.15) is 0 Å². The molecular formula is C22H27N3O3. The van der Waals surface area contributed by atoms with Gasteiger partial charge in [0.25, 0.3) is 5.91 Å². The molecule has 4 saturated carbocycles. The highest BCUT2D eigenvalue weighted by atomic mass is 16.2. The minimum absolute atomic E-state index is 0.142. The molecule has 28 heavy (non-hydrogen) atoms. The normalized spacial score (nSPS) is 35.6. The molecule has 5 fully saturated rings. The molecule has 6 rings (SSSR count). The highest BCUT2D eigenvalue weighted by Gasteiger charge is 2.51. The average Bonchev–Trinajstić information content (AvgIpc) is 2.97. The van der Waals surface area contributed by atoms with Gasteiger partial charge >= 0.3 is 6.03 Å². The number of amides is 4. The standard InChI is InChI=1S/C22H27N3O3/c26-19(6-5-18-20(27)25-21(28)24-18)23-17-3-1-16(2-4-17)22-10-13-7-14(11-22)9-15(8-13)12-22/h1-4,13-15,18H,5-12H2,(H,23,26)(H2,24,25,27,28)/t13?,14?,15?,18-,22?/m0/s1. The second kappa shape index (κ2) is 6.61. The fourth-order valence-corrected chi connectivity index (χ4v) is 6.53. The van der Waals surface area contributed by atoms with Crippen molar-refractivity contribution in [3.8, 4) is 0 Å². The van der Waals surface area contributed by atoms with Crippen LogP contribution in [0.3, 0.4) is 0 Å². The van der Waals surface area contributed by atoms with Crippen LogP contribution in [0.1, 0.15) is 56.9 Å². The molecule has 1 aliphatic heterocycles. The largest absolute Gasteiger partial charge is 0.326 e. The first kappa shape index (κ1) is 17.7. The van der Waals surface area contributed by atoms with Crippen molar-refractivity contribution in [3.63, 3.8) is 0 Å². The van der Waals surface area contributed by atoms with Gasteiger partial charge in [0.05, 0.1) is 0 Å². The molecule has 5 aliphatic rings. The third-order valence-electron chi connectivity index (χ3n) is 7.34. The van der Waals surface area contributed by atoms with Crippen molar-refractivity contribution < 1.29 is 14.4 Å². The second-order valence-electron chi connectivity index (χ2n) is 9.38. The number of nitrogens with one attached hydrogen (secondary N) is 3. The van der Waals surface area contributed by atoms with Crippen LogP contribution in [0.2, 0.25) is 0 Å². The molecule has 4 aliphatic carbocycles. The van der Waals surface area contributed by atoms with E-state index in [4.69, 9.17) is 0 Å². The Kier molecular flexibility index (Phi) is 4.18. The van der Waals surface area contributed by atoms with Gasteiger partial charge in [-0.1, -0.05) is 12.1 Å². The summed E-state index contributed by atoms with van der Waals surface area (Å²) in [5.41, 5.74) is 2.60. The number of carbonyl (C=O) groups excluding carboxylic acids is 3. The van der Waals surface area contributed by atoms with E-state index in [0.717, 1.165) is 23.4 Å². The molecule has 4 amide bonds. The van der Waals surface area contributed by atoms with Crippen molar-refractivity contribution in [2.24, 2.45) is 17.8 Å². The van der Waals surface area contributed by atoms with Gasteiger partial charge in [0.2, 0.25) is 5.91 Å². The summed E-state index contributed by atoms with van der Waals surface area (Å²) in [6, 6.07) is 7.32. The van der Waals surface area contributed by atoms with E-state index in [2.05, 4.69) is 28.1 Å². The van der Waals surface area contributed by atoms with Gasteiger partial charge in [-0.3, -0.25) is 14.9 Å². The third kappa shape index (κ3) is 3.19. The highest BCUT2D eigenvalue weighted by molar-refractivity contribution is 6.04. The van der Waals surface area contributed by atoms with E-state index >= 15 is 0 Å². The van der Waals surface area contributed by atoms with Gasteiger partial charge in [-0.25, -0.2) is 4.79 Å². The van der Waals surface area contributed by atoms with E-state index in [9.17, 15) is 14.4 Å². The van der Waals surface area contributed by atoms with E-state index in [1.165, 1.54) is 44.1 Å². The van der Waals surface area contributed by atoms with Crippen LogP contribution in [0, 0.1) is 17.8 Å². The van der Waals surface area contributed by atoms with Crippen molar-refractivity contribution >= 4 is 23.5 Å². The van der Waals surface area contributed by atoms with E-state index < -0.39 is 12.1 Å². The molecule has 0 radical (unpaired) electrons. The van der Waals surface area contributed by atoms with Crippen molar-refractivity contribution in [2.75, 3.05) is 5.32 Å². The number of urea groups is 1. The lowest BCUT2D eigenvalue weighted by Crippen LogP contribution is -2.48. The summed E-state index contributed by atoms with van der Waals surface area (Å²) in [5.74, 6) is 2.24. The van der Waals surface area contributed by atoms with E-state index in [-0.39, 0.29) is 18.2 Å². The number of hydrogen-bond donors (Lipinski definition) is 3. The van der Waals surface area contributed by atoms with Crippen molar-refractivity contribution in [2.45, 2.75) is 62.8 Å². The topological polar surface area (TPSA) is 87.3 Å². The summed E-state index contributed by atoms with van der Waals surface area (Å²) in [6.45, 7) is 0. The molecule has 0 aromatic heterocycles. The first-order chi connectivity index (χ1) is 13.5. The van der Waals surface area contributed by atoms with E-state index in [1.807, 2.05) is 12.1 Å². The molecule has 6 nitrogen and oxygen atoms in total. The Bertz CT molecular complexity index is 782. The maximum atomic E-state index is 12.2. The highest BCUT2D eigenvalue weighted by Crippen LogP contribution is 2.60. The molecular weight excluding hydrogens is 354 g/mol. The van der Waals surface area contributed by atoms with E-state index in [1.54, 1.807) is 0 Å². The molecule has 6 heteroatoms. The summed E-state index contributed by atoms with van der Waals surface area (Å²) < 4.78 is 0.